The van der Waals surface area contributed by atoms with E-state index in [0.717, 1.165) is 0 Å². The number of carbonyl (C=O) groups is 1. The molecule has 20 heavy (non-hydrogen) atoms. The first-order valence-electron chi connectivity index (χ1n) is 5.86. The van der Waals surface area contributed by atoms with Gasteiger partial charge in [0.2, 0.25) is 0 Å². The number of nitrogens with two attached hydrogens (primary N) is 1. The van der Waals surface area contributed by atoms with Crippen molar-refractivity contribution in [2.45, 2.75) is 0 Å². The fourth-order valence-corrected chi connectivity index (χ4v) is 2.37. The minimum absolute atomic E-state index is 0.0428. The summed E-state index contributed by atoms with van der Waals surface area (Å²) in [5.41, 5.74) is 2.04. The maximum atomic E-state index is 11.5. The van der Waals surface area contributed by atoms with Crippen molar-refractivity contribution in [1.29, 1.82) is 0 Å². The summed E-state index contributed by atoms with van der Waals surface area (Å²) in [4.78, 5) is 23.9. The molecule has 1 aliphatic heterocycles. The summed E-state index contributed by atoms with van der Waals surface area (Å²) in [5.74, 6) is 4.39. The SMILES string of the molecule is NNC(=O)c1cc(Cl)c(N2CCOCC2)c([N+](=O)[O-])c1. The lowest BCUT2D eigenvalue weighted by Gasteiger charge is -2.29. The second-order valence-electron chi connectivity index (χ2n) is 4.16. The number of benzene rings is 1. The van der Waals surface area contributed by atoms with Crippen LogP contribution >= 0.6 is 11.6 Å². The third kappa shape index (κ3) is 2.82. The number of rotatable bonds is 3. The summed E-state index contributed by atoms with van der Waals surface area (Å²) in [5, 5.41) is 11.3. The monoisotopic (exact) mass is 300 g/mol. The number of nitro benzene ring substituents is 1. The van der Waals surface area contributed by atoms with Gasteiger partial charge in [-0.1, -0.05) is 11.6 Å². The second-order valence-corrected chi connectivity index (χ2v) is 4.56. The van der Waals surface area contributed by atoms with E-state index in [1.807, 2.05) is 5.43 Å². The number of carbonyl (C=O) groups excluding carboxylic acids is 1. The molecule has 0 atom stereocenters. The normalized spacial score (nSPS) is 15.0. The molecular weight excluding hydrogens is 288 g/mol. The van der Waals surface area contributed by atoms with Crippen LogP contribution < -0.4 is 16.2 Å². The lowest BCUT2D eigenvalue weighted by atomic mass is 10.1. The van der Waals surface area contributed by atoms with Gasteiger partial charge in [0, 0.05) is 24.7 Å². The largest absolute Gasteiger partial charge is 0.378 e. The van der Waals surface area contributed by atoms with E-state index in [1.54, 1.807) is 4.90 Å². The molecule has 2 rings (SSSR count). The van der Waals surface area contributed by atoms with Gasteiger partial charge in [0.05, 0.1) is 23.2 Å². The summed E-state index contributed by atoms with van der Waals surface area (Å²) >= 11 is 6.11. The van der Waals surface area contributed by atoms with Gasteiger partial charge in [0.25, 0.3) is 11.6 Å². The first kappa shape index (κ1) is 14.5. The van der Waals surface area contributed by atoms with E-state index >= 15 is 0 Å². The Balaban J connectivity index is 2.49. The van der Waals surface area contributed by atoms with Crippen molar-refractivity contribution in [2.24, 2.45) is 5.84 Å². The lowest BCUT2D eigenvalue weighted by Crippen LogP contribution is -2.37. The number of nitrogens with one attached hydrogen (secondary N) is 1. The summed E-state index contributed by atoms with van der Waals surface area (Å²) in [6.45, 7) is 1.95. The van der Waals surface area contributed by atoms with E-state index in [-0.39, 0.29) is 16.3 Å². The van der Waals surface area contributed by atoms with Crippen LogP contribution in [0.5, 0.6) is 0 Å². The molecule has 0 unspecified atom stereocenters. The summed E-state index contributed by atoms with van der Waals surface area (Å²) in [7, 11) is 0. The van der Waals surface area contributed by atoms with Crippen LogP contribution in [0, 0.1) is 10.1 Å². The van der Waals surface area contributed by atoms with Crippen LogP contribution in [0.4, 0.5) is 11.4 Å². The fourth-order valence-electron chi connectivity index (χ4n) is 2.04. The van der Waals surface area contributed by atoms with Gasteiger partial charge >= 0.3 is 0 Å². The zero-order valence-corrected chi connectivity index (χ0v) is 11.2. The van der Waals surface area contributed by atoms with Crippen LogP contribution in [0.1, 0.15) is 10.4 Å². The van der Waals surface area contributed by atoms with E-state index in [2.05, 4.69) is 0 Å². The molecule has 3 N–H and O–H groups in total. The quantitative estimate of drug-likeness (QED) is 0.368. The predicted octanol–water partition coefficient (Wildman–Crippen LogP) is 0.688. The molecule has 1 fully saturated rings. The maximum absolute atomic E-state index is 11.5. The van der Waals surface area contributed by atoms with Crippen LogP contribution in [0.25, 0.3) is 0 Å². The highest BCUT2D eigenvalue weighted by Crippen LogP contribution is 2.37. The Morgan fingerprint density at radius 1 is 1.45 bits per heavy atom. The average Bonchev–Trinajstić information content (AvgIpc) is 2.46. The number of amides is 1. The molecule has 1 aromatic rings. The highest BCUT2D eigenvalue weighted by Gasteiger charge is 2.26. The maximum Gasteiger partial charge on any atom is 0.294 e. The molecule has 0 aromatic heterocycles. The molecule has 1 aromatic carbocycles. The van der Waals surface area contributed by atoms with Gasteiger partial charge in [0.1, 0.15) is 5.69 Å². The van der Waals surface area contributed by atoms with E-state index in [4.69, 9.17) is 22.2 Å². The minimum atomic E-state index is -0.636. The van der Waals surface area contributed by atoms with Gasteiger partial charge in [-0.15, -0.1) is 0 Å². The molecule has 0 radical (unpaired) electrons. The zero-order chi connectivity index (χ0) is 14.7. The Bertz CT molecular complexity index is 545. The number of nitrogens with zero attached hydrogens (tertiary/aromatic N) is 2. The molecule has 108 valence electrons. The summed E-state index contributed by atoms with van der Waals surface area (Å²) < 4.78 is 5.21. The highest BCUT2D eigenvalue weighted by molar-refractivity contribution is 6.34. The van der Waals surface area contributed by atoms with Gasteiger partial charge < -0.3 is 9.64 Å². The number of morpholine rings is 1. The second kappa shape index (κ2) is 6.04. The third-order valence-electron chi connectivity index (χ3n) is 2.96. The molecule has 0 saturated carbocycles. The molecule has 1 saturated heterocycles. The van der Waals surface area contributed by atoms with Crippen LogP contribution in [0.15, 0.2) is 12.1 Å². The summed E-state index contributed by atoms with van der Waals surface area (Å²) in [6.07, 6.45) is 0. The number of nitrogen functional groups attached to an aromatic ring is 1. The van der Waals surface area contributed by atoms with Crippen LogP contribution in [0.2, 0.25) is 5.02 Å². The number of hydrogen-bond acceptors (Lipinski definition) is 6. The molecule has 1 amide bonds. The van der Waals surface area contributed by atoms with Gasteiger partial charge in [-0.25, -0.2) is 5.84 Å². The molecule has 8 nitrogen and oxygen atoms in total. The van der Waals surface area contributed by atoms with Crippen LogP contribution in [-0.2, 0) is 4.74 Å². The van der Waals surface area contributed by atoms with Crippen LogP contribution in [0.3, 0.4) is 0 Å². The van der Waals surface area contributed by atoms with Gasteiger partial charge in [-0.05, 0) is 6.07 Å². The number of ether oxygens (including phenoxy) is 1. The van der Waals surface area contributed by atoms with E-state index < -0.39 is 10.8 Å². The molecule has 1 aliphatic rings. The Morgan fingerprint density at radius 2 is 2.10 bits per heavy atom. The van der Waals surface area contributed by atoms with Crippen molar-refractivity contribution in [3.05, 3.63) is 32.8 Å². The molecule has 0 aliphatic carbocycles. The molecule has 1 heterocycles. The average molecular weight is 301 g/mol. The fraction of sp³-hybridized carbons (Fsp3) is 0.364. The van der Waals surface area contributed by atoms with Crippen LogP contribution in [-0.4, -0.2) is 37.1 Å². The number of hydrogen-bond donors (Lipinski definition) is 2. The van der Waals surface area contributed by atoms with E-state index in [1.165, 1.54) is 12.1 Å². The van der Waals surface area contributed by atoms with Crippen molar-refractivity contribution in [2.75, 3.05) is 31.2 Å². The zero-order valence-electron chi connectivity index (χ0n) is 10.5. The Hall–Kier alpha value is -1.90. The lowest BCUT2D eigenvalue weighted by molar-refractivity contribution is -0.384. The standard InChI is InChI=1S/C11H13ClN4O4/c12-8-5-7(11(17)14-13)6-9(16(18)19)10(8)15-1-3-20-4-2-15/h5-6H,1-4,13H2,(H,14,17). The number of nitro groups is 1. The Morgan fingerprint density at radius 3 is 2.65 bits per heavy atom. The Labute approximate surface area is 119 Å². The van der Waals surface area contributed by atoms with Gasteiger partial charge in [-0.2, -0.15) is 0 Å². The van der Waals surface area contributed by atoms with Gasteiger partial charge in [0.15, 0.2) is 0 Å². The van der Waals surface area contributed by atoms with Crippen molar-refractivity contribution in [1.82, 2.24) is 5.43 Å². The number of hydrazine groups is 1. The van der Waals surface area contributed by atoms with Crippen molar-refractivity contribution >= 4 is 28.9 Å². The van der Waals surface area contributed by atoms with E-state index in [0.29, 0.717) is 32.0 Å². The third-order valence-corrected chi connectivity index (χ3v) is 3.25. The van der Waals surface area contributed by atoms with Crippen molar-refractivity contribution in [3.8, 4) is 0 Å². The first-order valence-corrected chi connectivity index (χ1v) is 6.24. The number of halogens is 1. The topological polar surface area (TPSA) is 111 Å². The van der Waals surface area contributed by atoms with Crippen molar-refractivity contribution < 1.29 is 14.5 Å². The van der Waals surface area contributed by atoms with Gasteiger partial charge in [-0.3, -0.25) is 20.3 Å². The summed E-state index contributed by atoms with van der Waals surface area (Å²) in [6, 6.07) is 2.53. The van der Waals surface area contributed by atoms with Crippen molar-refractivity contribution in [3.63, 3.8) is 0 Å². The first-order chi connectivity index (χ1) is 9.54. The minimum Gasteiger partial charge on any atom is -0.378 e. The molecule has 0 spiro atoms. The smallest absolute Gasteiger partial charge is 0.294 e. The number of anilines is 1. The molecular formula is C11H13ClN4O4. The molecule has 9 heteroatoms. The van der Waals surface area contributed by atoms with E-state index in [9.17, 15) is 14.9 Å². The highest BCUT2D eigenvalue weighted by atomic mass is 35.5. The molecule has 0 bridgehead atoms. The predicted molar refractivity (Wildman–Crippen MR) is 72.8 cm³/mol. The Kier molecular flexibility index (Phi) is 4.38.